The number of aryl methyl sites for hydroxylation is 1. The quantitative estimate of drug-likeness (QED) is 0.856. The molecule has 0 saturated heterocycles. The molecule has 102 valence electrons. The Hall–Kier alpha value is -0.570. The van der Waals surface area contributed by atoms with Gasteiger partial charge in [-0.25, -0.2) is 4.98 Å². The van der Waals surface area contributed by atoms with Crippen LogP contribution in [0.25, 0.3) is 0 Å². The van der Waals surface area contributed by atoms with Gasteiger partial charge in [0.1, 0.15) is 0 Å². The molecule has 1 fully saturated rings. The Balaban J connectivity index is 2.04. The van der Waals surface area contributed by atoms with Gasteiger partial charge in [0.25, 0.3) is 0 Å². The van der Waals surface area contributed by atoms with E-state index in [9.17, 15) is 0 Å². The lowest BCUT2D eigenvalue weighted by Crippen LogP contribution is -2.40. The molecular weight excluding hydrogens is 240 g/mol. The zero-order valence-electron chi connectivity index (χ0n) is 12.3. The van der Waals surface area contributed by atoms with Gasteiger partial charge in [0.15, 0.2) is 5.13 Å². The summed E-state index contributed by atoms with van der Waals surface area (Å²) in [5.74, 6) is 0. The number of aromatic nitrogens is 1. The van der Waals surface area contributed by atoms with Gasteiger partial charge in [-0.1, -0.05) is 34.6 Å². The molecule has 18 heavy (non-hydrogen) atoms. The van der Waals surface area contributed by atoms with Gasteiger partial charge in [-0.05, 0) is 36.5 Å². The van der Waals surface area contributed by atoms with E-state index in [0.717, 1.165) is 11.6 Å². The molecule has 2 rings (SSSR count). The standard InChI is InChI=1S/C15H26N2S/c1-6-11-9-18-13(16-11)17-12-7-14(2,3)10-15(4,5)8-12/h9,12H,6-8,10H2,1-5H3,(H,16,17). The Morgan fingerprint density at radius 3 is 2.39 bits per heavy atom. The molecule has 0 aliphatic heterocycles. The number of rotatable bonds is 3. The van der Waals surface area contributed by atoms with Crippen LogP contribution in [-0.2, 0) is 6.42 Å². The van der Waals surface area contributed by atoms with E-state index >= 15 is 0 Å². The largest absolute Gasteiger partial charge is 0.359 e. The summed E-state index contributed by atoms with van der Waals surface area (Å²) in [5, 5.41) is 6.92. The molecular formula is C15H26N2S. The van der Waals surface area contributed by atoms with Crippen molar-refractivity contribution in [2.75, 3.05) is 5.32 Å². The molecule has 1 saturated carbocycles. The highest BCUT2D eigenvalue weighted by Gasteiger charge is 2.38. The maximum absolute atomic E-state index is 4.63. The molecule has 1 heterocycles. The monoisotopic (exact) mass is 266 g/mol. The minimum Gasteiger partial charge on any atom is -0.359 e. The van der Waals surface area contributed by atoms with Gasteiger partial charge in [-0.2, -0.15) is 0 Å². The van der Waals surface area contributed by atoms with Crippen molar-refractivity contribution < 1.29 is 0 Å². The maximum atomic E-state index is 4.63. The molecule has 0 radical (unpaired) electrons. The van der Waals surface area contributed by atoms with Crippen LogP contribution in [-0.4, -0.2) is 11.0 Å². The highest BCUT2D eigenvalue weighted by atomic mass is 32.1. The summed E-state index contributed by atoms with van der Waals surface area (Å²) in [6.07, 6.45) is 4.84. The van der Waals surface area contributed by atoms with Crippen LogP contribution in [0.2, 0.25) is 0 Å². The van der Waals surface area contributed by atoms with E-state index in [1.807, 2.05) is 0 Å². The number of nitrogens with one attached hydrogen (secondary N) is 1. The third kappa shape index (κ3) is 3.47. The van der Waals surface area contributed by atoms with Crippen LogP contribution in [0.3, 0.4) is 0 Å². The number of nitrogens with zero attached hydrogens (tertiary/aromatic N) is 1. The summed E-state index contributed by atoms with van der Waals surface area (Å²) in [7, 11) is 0. The molecule has 1 N–H and O–H groups in total. The molecule has 1 aliphatic carbocycles. The second-order valence-electron chi connectivity index (χ2n) is 7.25. The number of anilines is 1. The first-order valence-corrected chi connectivity index (χ1v) is 7.89. The summed E-state index contributed by atoms with van der Waals surface area (Å²) in [4.78, 5) is 4.63. The maximum Gasteiger partial charge on any atom is 0.183 e. The SMILES string of the molecule is CCc1csc(NC2CC(C)(C)CC(C)(C)C2)n1. The highest BCUT2D eigenvalue weighted by Crippen LogP contribution is 2.46. The van der Waals surface area contributed by atoms with Gasteiger partial charge in [0.05, 0.1) is 5.69 Å². The fourth-order valence-corrected chi connectivity index (χ4v) is 4.53. The average Bonchev–Trinajstić information content (AvgIpc) is 2.60. The lowest BCUT2D eigenvalue weighted by Gasteiger charge is -2.45. The Morgan fingerprint density at radius 2 is 1.89 bits per heavy atom. The second-order valence-corrected chi connectivity index (χ2v) is 8.11. The third-order valence-corrected chi connectivity index (χ3v) is 4.62. The van der Waals surface area contributed by atoms with Crippen LogP contribution >= 0.6 is 11.3 Å². The van der Waals surface area contributed by atoms with Gasteiger partial charge < -0.3 is 5.32 Å². The van der Waals surface area contributed by atoms with Gasteiger partial charge in [-0.3, -0.25) is 0 Å². The fraction of sp³-hybridized carbons (Fsp3) is 0.800. The molecule has 3 heteroatoms. The van der Waals surface area contributed by atoms with Gasteiger partial charge in [0, 0.05) is 11.4 Å². The zero-order valence-corrected chi connectivity index (χ0v) is 13.2. The average molecular weight is 266 g/mol. The molecule has 0 amide bonds. The van der Waals surface area contributed by atoms with Gasteiger partial charge in [-0.15, -0.1) is 11.3 Å². The topological polar surface area (TPSA) is 24.9 Å². The predicted octanol–water partition coefficient (Wildman–Crippen LogP) is 4.72. The molecule has 0 spiro atoms. The summed E-state index contributed by atoms with van der Waals surface area (Å²) in [5.41, 5.74) is 2.07. The first-order chi connectivity index (χ1) is 8.30. The number of hydrogen-bond acceptors (Lipinski definition) is 3. The molecule has 1 aliphatic rings. The van der Waals surface area contributed by atoms with E-state index in [1.165, 1.54) is 25.0 Å². The Kier molecular flexibility index (Phi) is 3.72. The Bertz CT molecular complexity index is 390. The van der Waals surface area contributed by atoms with E-state index < -0.39 is 0 Å². The summed E-state index contributed by atoms with van der Waals surface area (Å²) >= 11 is 1.75. The van der Waals surface area contributed by atoms with E-state index in [-0.39, 0.29) is 0 Å². The number of hydrogen-bond donors (Lipinski definition) is 1. The van der Waals surface area contributed by atoms with Crippen LogP contribution < -0.4 is 5.32 Å². The molecule has 0 unspecified atom stereocenters. The summed E-state index contributed by atoms with van der Waals surface area (Å²) in [6, 6.07) is 0.569. The molecule has 1 aromatic rings. The summed E-state index contributed by atoms with van der Waals surface area (Å²) < 4.78 is 0. The van der Waals surface area contributed by atoms with Crippen LogP contribution in [0.15, 0.2) is 5.38 Å². The lowest BCUT2D eigenvalue weighted by atomic mass is 9.63. The molecule has 0 aromatic carbocycles. The van der Waals surface area contributed by atoms with Crippen LogP contribution in [0.4, 0.5) is 5.13 Å². The van der Waals surface area contributed by atoms with Gasteiger partial charge in [0.2, 0.25) is 0 Å². The predicted molar refractivity (Wildman–Crippen MR) is 80.3 cm³/mol. The fourth-order valence-electron chi connectivity index (χ4n) is 3.66. The van der Waals surface area contributed by atoms with E-state index in [1.54, 1.807) is 11.3 Å². The van der Waals surface area contributed by atoms with Crippen molar-refractivity contribution in [3.05, 3.63) is 11.1 Å². The second kappa shape index (κ2) is 4.84. The number of thiazole rings is 1. The smallest absolute Gasteiger partial charge is 0.183 e. The van der Waals surface area contributed by atoms with Crippen molar-refractivity contribution in [2.45, 2.75) is 66.3 Å². The molecule has 1 aromatic heterocycles. The molecule has 0 atom stereocenters. The van der Waals surface area contributed by atoms with Crippen LogP contribution in [0, 0.1) is 10.8 Å². The molecule has 0 bridgehead atoms. The third-order valence-electron chi connectivity index (χ3n) is 3.80. The van der Waals surface area contributed by atoms with Crippen LogP contribution in [0.1, 0.15) is 59.6 Å². The molecule has 2 nitrogen and oxygen atoms in total. The minimum atomic E-state index is 0.435. The minimum absolute atomic E-state index is 0.435. The Labute approximate surface area is 115 Å². The van der Waals surface area contributed by atoms with Crippen molar-refractivity contribution in [3.63, 3.8) is 0 Å². The van der Waals surface area contributed by atoms with E-state index in [2.05, 4.69) is 50.3 Å². The zero-order chi connectivity index (χ0) is 13.4. The summed E-state index contributed by atoms with van der Waals surface area (Å²) in [6.45, 7) is 11.7. The first-order valence-electron chi connectivity index (χ1n) is 7.01. The lowest BCUT2D eigenvalue weighted by molar-refractivity contribution is 0.105. The van der Waals surface area contributed by atoms with Gasteiger partial charge >= 0.3 is 0 Å². The van der Waals surface area contributed by atoms with E-state index in [4.69, 9.17) is 0 Å². The van der Waals surface area contributed by atoms with Crippen molar-refractivity contribution in [1.82, 2.24) is 4.98 Å². The van der Waals surface area contributed by atoms with Crippen molar-refractivity contribution >= 4 is 16.5 Å². The Morgan fingerprint density at radius 1 is 1.28 bits per heavy atom. The first kappa shape index (κ1) is 13.9. The van der Waals surface area contributed by atoms with Crippen molar-refractivity contribution in [3.8, 4) is 0 Å². The normalized spacial score (nSPS) is 22.9. The highest BCUT2D eigenvalue weighted by molar-refractivity contribution is 7.13. The van der Waals surface area contributed by atoms with Crippen molar-refractivity contribution in [1.29, 1.82) is 0 Å². The van der Waals surface area contributed by atoms with E-state index in [0.29, 0.717) is 16.9 Å². The van der Waals surface area contributed by atoms with Crippen LogP contribution in [0.5, 0.6) is 0 Å². The van der Waals surface area contributed by atoms with Crippen molar-refractivity contribution in [2.24, 2.45) is 10.8 Å².